The van der Waals surface area contributed by atoms with Crippen molar-refractivity contribution < 1.29 is 0 Å². The number of benzene rings is 1. The third kappa shape index (κ3) is 2.43. The van der Waals surface area contributed by atoms with E-state index in [1.165, 1.54) is 24.8 Å². The fourth-order valence-corrected chi connectivity index (χ4v) is 3.66. The minimum absolute atomic E-state index is 0.0536. The number of fused-ring (bicyclic) bond motifs is 1. The van der Waals surface area contributed by atoms with Crippen LogP contribution in [0.1, 0.15) is 50.4 Å². The molecular weight excluding hydrogens is 324 g/mol. The normalized spacial score (nSPS) is 25.1. The van der Waals surface area contributed by atoms with Gasteiger partial charge in [0.05, 0.1) is 16.4 Å². The molecule has 1 aromatic carbocycles. The lowest BCUT2D eigenvalue weighted by molar-refractivity contribution is 0.488. The van der Waals surface area contributed by atoms with Gasteiger partial charge < -0.3 is 4.57 Å². The van der Waals surface area contributed by atoms with E-state index in [4.69, 9.17) is 16.6 Å². The molecule has 1 aliphatic carbocycles. The number of hydrogen-bond acceptors (Lipinski definition) is 1. The first kappa shape index (κ1) is 13.4. The standard InChI is InChI=1S/C15H18BrClN2/c1-9-3-5-12(7-9)19-14-8-11(16)4-6-13(14)18-15(19)10(2)17/h4,6,8-10,12H,3,5,7H2,1-2H3. The molecule has 2 nitrogen and oxygen atoms in total. The fraction of sp³-hybridized carbons (Fsp3) is 0.533. The third-order valence-electron chi connectivity index (χ3n) is 4.07. The van der Waals surface area contributed by atoms with Gasteiger partial charge in [-0.15, -0.1) is 11.6 Å². The second-order valence-corrected chi connectivity index (χ2v) is 7.23. The van der Waals surface area contributed by atoms with Crippen molar-refractivity contribution in [2.45, 2.75) is 44.5 Å². The molecule has 3 atom stereocenters. The zero-order valence-corrected chi connectivity index (χ0v) is 13.6. The second kappa shape index (κ2) is 5.10. The lowest BCUT2D eigenvalue weighted by atomic mass is 10.1. The van der Waals surface area contributed by atoms with Crippen LogP contribution in [0.3, 0.4) is 0 Å². The van der Waals surface area contributed by atoms with Gasteiger partial charge in [0, 0.05) is 10.5 Å². The highest BCUT2D eigenvalue weighted by atomic mass is 79.9. The lowest BCUT2D eigenvalue weighted by Crippen LogP contribution is -2.10. The highest BCUT2D eigenvalue weighted by Crippen LogP contribution is 2.39. The average Bonchev–Trinajstić information content (AvgIpc) is 2.92. The number of halogens is 2. The molecule has 1 aliphatic rings. The Balaban J connectivity index is 2.18. The molecule has 0 bridgehead atoms. The molecular formula is C15H18BrClN2. The predicted molar refractivity (Wildman–Crippen MR) is 83.8 cm³/mol. The van der Waals surface area contributed by atoms with Gasteiger partial charge in [-0.1, -0.05) is 22.9 Å². The molecule has 3 unspecified atom stereocenters. The molecule has 0 saturated heterocycles. The minimum atomic E-state index is -0.0536. The predicted octanol–water partition coefficient (Wildman–Crippen LogP) is 5.46. The van der Waals surface area contributed by atoms with Crippen molar-refractivity contribution in [1.29, 1.82) is 0 Å². The topological polar surface area (TPSA) is 17.8 Å². The van der Waals surface area contributed by atoms with Gasteiger partial charge in [-0.05, 0) is 50.3 Å². The van der Waals surface area contributed by atoms with Gasteiger partial charge in [0.15, 0.2) is 0 Å². The molecule has 0 N–H and O–H groups in total. The Morgan fingerprint density at radius 2 is 2.21 bits per heavy atom. The number of hydrogen-bond donors (Lipinski definition) is 0. The number of nitrogens with zero attached hydrogens (tertiary/aromatic N) is 2. The van der Waals surface area contributed by atoms with Gasteiger partial charge in [0.2, 0.25) is 0 Å². The first-order valence-corrected chi connectivity index (χ1v) is 8.10. The highest BCUT2D eigenvalue weighted by Gasteiger charge is 2.27. The maximum absolute atomic E-state index is 6.34. The first-order chi connectivity index (χ1) is 9.06. The summed E-state index contributed by atoms with van der Waals surface area (Å²) in [5.41, 5.74) is 2.25. The molecule has 19 heavy (non-hydrogen) atoms. The summed E-state index contributed by atoms with van der Waals surface area (Å²) >= 11 is 9.90. The van der Waals surface area contributed by atoms with Crippen molar-refractivity contribution >= 4 is 38.6 Å². The Bertz CT molecular complexity index is 605. The van der Waals surface area contributed by atoms with E-state index in [2.05, 4.69) is 39.6 Å². The minimum Gasteiger partial charge on any atom is -0.324 e. The highest BCUT2D eigenvalue weighted by molar-refractivity contribution is 9.10. The summed E-state index contributed by atoms with van der Waals surface area (Å²) in [6.45, 7) is 4.34. The third-order valence-corrected chi connectivity index (χ3v) is 4.76. The van der Waals surface area contributed by atoms with Gasteiger partial charge in [-0.2, -0.15) is 0 Å². The molecule has 4 heteroatoms. The van der Waals surface area contributed by atoms with Gasteiger partial charge in [-0.3, -0.25) is 0 Å². The molecule has 2 aromatic rings. The summed E-state index contributed by atoms with van der Waals surface area (Å²) in [5.74, 6) is 1.81. The summed E-state index contributed by atoms with van der Waals surface area (Å²) < 4.78 is 3.47. The molecule has 0 radical (unpaired) electrons. The van der Waals surface area contributed by atoms with E-state index >= 15 is 0 Å². The van der Waals surface area contributed by atoms with Crippen LogP contribution in [0.15, 0.2) is 22.7 Å². The first-order valence-electron chi connectivity index (χ1n) is 6.87. The Labute approximate surface area is 127 Å². The van der Waals surface area contributed by atoms with Crippen molar-refractivity contribution in [3.8, 4) is 0 Å². The largest absolute Gasteiger partial charge is 0.324 e. The van der Waals surface area contributed by atoms with E-state index in [9.17, 15) is 0 Å². The molecule has 0 spiro atoms. The molecule has 102 valence electrons. The van der Waals surface area contributed by atoms with Crippen LogP contribution in [-0.4, -0.2) is 9.55 Å². The van der Waals surface area contributed by atoms with E-state index in [0.717, 1.165) is 21.7 Å². The smallest absolute Gasteiger partial charge is 0.127 e. The Morgan fingerprint density at radius 1 is 1.42 bits per heavy atom. The summed E-state index contributed by atoms with van der Waals surface area (Å²) in [6.07, 6.45) is 3.76. The molecule has 3 rings (SSSR count). The quantitative estimate of drug-likeness (QED) is 0.663. The molecule has 1 heterocycles. The monoisotopic (exact) mass is 340 g/mol. The summed E-state index contributed by atoms with van der Waals surface area (Å²) in [5, 5.41) is -0.0536. The van der Waals surface area contributed by atoms with Crippen molar-refractivity contribution in [2.75, 3.05) is 0 Å². The van der Waals surface area contributed by atoms with Crippen molar-refractivity contribution in [3.05, 3.63) is 28.5 Å². The van der Waals surface area contributed by atoms with E-state index in [0.29, 0.717) is 6.04 Å². The molecule has 1 fully saturated rings. The Kier molecular flexibility index (Phi) is 3.61. The maximum atomic E-state index is 6.34. The van der Waals surface area contributed by atoms with Crippen LogP contribution in [0.25, 0.3) is 11.0 Å². The SMILES string of the molecule is CC1CCC(n2c(C(C)Cl)nc3ccc(Br)cc32)C1. The molecule has 0 aliphatic heterocycles. The number of aromatic nitrogens is 2. The Hall–Kier alpha value is -0.540. The zero-order valence-electron chi connectivity index (χ0n) is 11.2. The van der Waals surface area contributed by atoms with Crippen molar-refractivity contribution in [1.82, 2.24) is 9.55 Å². The van der Waals surface area contributed by atoms with Crippen molar-refractivity contribution in [3.63, 3.8) is 0 Å². The summed E-state index contributed by atoms with van der Waals surface area (Å²) in [7, 11) is 0. The van der Waals surface area contributed by atoms with E-state index in [1.807, 2.05) is 13.0 Å². The number of imidazole rings is 1. The lowest BCUT2D eigenvalue weighted by Gasteiger charge is -2.18. The van der Waals surface area contributed by atoms with Gasteiger partial charge >= 0.3 is 0 Å². The second-order valence-electron chi connectivity index (χ2n) is 5.66. The maximum Gasteiger partial charge on any atom is 0.127 e. The van der Waals surface area contributed by atoms with E-state index < -0.39 is 0 Å². The van der Waals surface area contributed by atoms with Crippen LogP contribution in [0.4, 0.5) is 0 Å². The van der Waals surface area contributed by atoms with Crippen LogP contribution in [0, 0.1) is 5.92 Å². The van der Waals surface area contributed by atoms with Gasteiger partial charge in [-0.25, -0.2) is 4.98 Å². The van der Waals surface area contributed by atoms with Crippen molar-refractivity contribution in [2.24, 2.45) is 5.92 Å². The molecule has 1 saturated carbocycles. The van der Waals surface area contributed by atoms with Gasteiger partial charge in [0.1, 0.15) is 5.82 Å². The number of alkyl halides is 1. The fourth-order valence-electron chi connectivity index (χ4n) is 3.16. The zero-order chi connectivity index (χ0) is 13.6. The molecule has 0 amide bonds. The van der Waals surface area contributed by atoms with E-state index in [-0.39, 0.29) is 5.38 Å². The van der Waals surface area contributed by atoms with Gasteiger partial charge in [0.25, 0.3) is 0 Å². The molecule has 1 aromatic heterocycles. The van der Waals surface area contributed by atoms with Crippen LogP contribution in [-0.2, 0) is 0 Å². The van der Waals surface area contributed by atoms with Crippen LogP contribution < -0.4 is 0 Å². The summed E-state index contributed by atoms with van der Waals surface area (Å²) in [4.78, 5) is 4.73. The van der Waals surface area contributed by atoms with Crippen LogP contribution >= 0.6 is 27.5 Å². The Morgan fingerprint density at radius 3 is 2.84 bits per heavy atom. The average molecular weight is 342 g/mol. The van der Waals surface area contributed by atoms with E-state index in [1.54, 1.807) is 0 Å². The number of rotatable bonds is 2. The van der Waals surface area contributed by atoms with Crippen LogP contribution in [0.2, 0.25) is 0 Å². The summed E-state index contributed by atoms with van der Waals surface area (Å²) in [6, 6.07) is 6.82. The van der Waals surface area contributed by atoms with Crippen LogP contribution in [0.5, 0.6) is 0 Å².